The second-order valence-corrected chi connectivity index (χ2v) is 2.48. The predicted molar refractivity (Wildman–Crippen MR) is 36.3 cm³/mol. The molecule has 0 spiro atoms. The van der Waals surface area contributed by atoms with E-state index in [0.717, 1.165) is 29.9 Å². The molecule has 54 valence electrons. The van der Waals surface area contributed by atoms with Gasteiger partial charge in [-0.15, -0.1) is 0 Å². The first kappa shape index (κ1) is 8.92. The predicted octanol–water partition coefficient (Wildman–Crippen LogP) is 1.81. The van der Waals surface area contributed by atoms with Gasteiger partial charge in [-0.25, -0.2) is 0 Å². The molecular weight excluding hydrogens is 143 g/mol. The average molecular weight is 153 g/mol. The Morgan fingerprint density at radius 2 is 2.11 bits per heavy atom. The summed E-state index contributed by atoms with van der Waals surface area (Å²) < 4.78 is 0. The van der Waals surface area contributed by atoms with Gasteiger partial charge < -0.3 is 5.11 Å². The van der Waals surface area contributed by atoms with E-state index in [0.29, 0.717) is 0 Å². The zero-order chi connectivity index (χ0) is 5.98. The molecule has 9 heavy (non-hydrogen) atoms. The van der Waals surface area contributed by atoms with Crippen LogP contribution in [0.2, 0.25) is 0 Å². The van der Waals surface area contributed by atoms with Crippen LogP contribution < -0.4 is 0 Å². The summed E-state index contributed by atoms with van der Waals surface area (Å²) in [5, 5.41) is 9.48. The van der Waals surface area contributed by atoms with Crippen LogP contribution in [0.25, 0.3) is 0 Å². The Morgan fingerprint density at radius 1 is 1.44 bits per heavy atom. The number of hydrogen-bond acceptors (Lipinski definition) is 1. The summed E-state index contributed by atoms with van der Waals surface area (Å²) in [4.78, 5) is 0. The summed E-state index contributed by atoms with van der Waals surface area (Å²) in [6.07, 6.45) is 3.08. The molecule has 0 fully saturated rings. The first-order valence-electron chi connectivity index (χ1n) is 2.82. The molecule has 0 saturated carbocycles. The van der Waals surface area contributed by atoms with E-state index in [1.54, 1.807) is 0 Å². The van der Waals surface area contributed by atoms with Crippen molar-refractivity contribution in [2.24, 2.45) is 0 Å². The van der Waals surface area contributed by atoms with Crippen LogP contribution in [0.4, 0.5) is 4.70 Å². The summed E-state index contributed by atoms with van der Waals surface area (Å²) in [6.45, 7) is 0.152. The van der Waals surface area contributed by atoms with Crippen molar-refractivity contribution in [2.75, 3.05) is 6.61 Å². The van der Waals surface area contributed by atoms with Crippen molar-refractivity contribution in [2.45, 2.75) is 19.3 Å². The van der Waals surface area contributed by atoms with Crippen LogP contribution in [-0.2, 0) is 0 Å². The number of allylic oxidation sites excluding steroid dienone is 1. The monoisotopic (exact) mass is 152 g/mol. The third kappa shape index (κ3) is 1.95. The number of aliphatic hydroxyl groups is 1. The average Bonchev–Trinajstić information content (AvgIpc) is 2.14. The molecule has 0 aliphatic heterocycles. The minimum atomic E-state index is 0. The van der Waals surface area contributed by atoms with Crippen LogP contribution in [0.3, 0.4) is 0 Å². The Balaban J connectivity index is 0.000000640. The molecule has 0 radical (unpaired) electrons. The first-order valence-corrected chi connectivity index (χ1v) is 3.19. The second-order valence-electron chi connectivity index (χ2n) is 2.02. The van der Waals surface area contributed by atoms with Crippen LogP contribution in [0.1, 0.15) is 19.3 Å². The van der Waals surface area contributed by atoms with Gasteiger partial charge in [-0.2, -0.15) is 0 Å². The van der Waals surface area contributed by atoms with Gasteiger partial charge >= 0.3 is 0 Å². The Labute approximate surface area is 58.7 Å². The molecule has 1 aliphatic rings. The van der Waals surface area contributed by atoms with Gasteiger partial charge in [0, 0.05) is 5.03 Å². The van der Waals surface area contributed by atoms with Crippen molar-refractivity contribution in [3.05, 3.63) is 10.6 Å². The fraction of sp³-hybridized carbons (Fsp3) is 0.667. The summed E-state index contributed by atoms with van der Waals surface area (Å²) in [5.74, 6) is 0. The summed E-state index contributed by atoms with van der Waals surface area (Å²) in [5.41, 5.74) is 1.03. The highest BCUT2D eigenvalue weighted by atomic mass is 35.5. The van der Waals surface area contributed by atoms with Gasteiger partial charge in [-0.3, -0.25) is 4.70 Å². The third-order valence-electron chi connectivity index (χ3n) is 1.45. The quantitative estimate of drug-likeness (QED) is 0.608. The molecule has 1 nitrogen and oxygen atoms in total. The van der Waals surface area contributed by atoms with Crippen molar-refractivity contribution < 1.29 is 9.81 Å². The van der Waals surface area contributed by atoms with Crippen LogP contribution in [0.5, 0.6) is 0 Å². The minimum Gasteiger partial charge on any atom is -0.392 e. The topological polar surface area (TPSA) is 20.2 Å². The minimum absolute atomic E-state index is 0. The molecule has 0 heterocycles. The molecule has 1 rings (SSSR count). The van der Waals surface area contributed by atoms with Gasteiger partial charge in [0.05, 0.1) is 6.61 Å². The van der Waals surface area contributed by atoms with E-state index >= 15 is 0 Å². The Hall–Kier alpha value is -0.0800. The largest absolute Gasteiger partial charge is 0.392 e. The molecular formula is C6H10ClFO. The standard InChI is InChI=1S/C6H9ClO.FH/c7-6-3-1-2-5(6)4-8;/h8H,1-4H2;1H. The summed E-state index contributed by atoms with van der Waals surface area (Å²) >= 11 is 5.70. The lowest BCUT2D eigenvalue weighted by molar-refractivity contribution is 0.328. The normalized spacial score (nSPS) is 18.0. The van der Waals surface area contributed by atoms with Crippen molar-refractivity contribution in [3.8, 4) is 0 Å². The number of hydrogen-bond donors (Lipinski definition) is 1. The van der Waals surface area contributed by atoms with E-state index < -0.39 is 0 Å². The number of rotatable bonds is 1. The Bertz CT molecular complexity index is 122. The Morgan fingerprint density at radius 3 is 2.33 bits per heavy atom. The van der Waals surface area contributed by atoms with Crippen molar-refractivity contribution in [1.29, 1.82) is 0 Å². The van der Waals surface area contributed by atoms with Gasteiger partial charge in [0.15, 0.2) is 0 Å². The highest BCUT2D eigenvalue weighted by Crippen LogP contribution is 2.27. The van der Waals surface area contributed by atoms with E-state index in [-0.39, 0.29) is 11.3 Å². The highest BCUT2D eigenvalue weighted by Gasteiger charge is 2.09. The molecule has 0 unspecified atom stereocenters. The Kier molecular flexibility index (Phi) is 3.82. The molecule has 0 atom stereocenters. The van der Waals surface area contributed by atoms with E-state index in [1.807, 2.05) is 0 Å². The van der Waals surface area contributed by atoms with Crippen LogP contribution in [0, 0.1) is 0 Å². The molecule has 1 N–H and O–H groups in total. The van der Waals surface area contributed by atoms with Crippen molar-refractivity contribution >= 4 is 11.6 Å². The van der Waals surface area contributed by atoms with Gasteiger partial charge in [-0.05, 0) is 24.8 Å². The van der Waals surface area contributed by atoms with E-state index in [4.69, 9.17) is 16.7 Å². The fourth-order valence-corrected chi connectivity index (χ4v) is 1.22. The molecule has 1 aliphatic carbocycles. The lowest BCUT2D eigenvalue weighted by atomic mass is 10.2. The van der Waals surface area contributed by atoms with Crippen molar-refractivity contribution in [3.63, 3.8) is 0 Å². The maximum absolute atomic E-state index is 8.59. The van der Waals surface area contributed by atoms with Crippen LogP contribution in [0.15, 0.2) is 10.6 Å². The lowest BCUT2D eigenvalue weighted by Crippen LogP contribution is -1.84. The first-order chi connectivity index (χ1) is 3.84. The molecule has 0 amide bonds. The lowest BCUT2D eigenvalue weighted by Gasteiger charge is -1.91. The molecule has 0 aromatic heterocycles. The van der Waals surface area contributed by atoms with Gasteiger partial charge in [0.2, 0.25) is 0 Å². The van der Waals surface area contributed by atoms with Crippen LogP contribution in [-0.4, -0.2) is 11.7 Å². The van der Waals surface area contributed by atoms with E-state index in [9.17, 15) is 0 Å². The van der Waals surface area contributed by atoms with Crippen LogP contribution >= 0.6 is 11.6 Å². The molecule has 3 heteroatoms. The zero-order valence-electron chi connectivity index (χ0n) is 5.06. The molecule has 0 bridgehead atoms. The number of aliphatic hydroxyl groups excluding tert-OH is 1. The van der Waals surface area contributed by atoms with Crippen molar-refractivity contribution in [1.82, 2.24) is 0 Å². The molecule has 0 aromatic carbocycles. The smallest absolute Gasteiger partial charge is 0.0655 e. The van der Waals surface area contributed by atoms with Gasteiger partial charge in [0.25, 0.3) is 0 Å². The van der Waals surface area contributed by atoms with E-state index in [2.05, 4.69) is 0 Å². The maximum atomic E-state index is 8.59. The maximum Gasteiger partial charge on any atom is 0.0655 e. The van der Waals surface area contributed by atoms with Gasteiger partial charge in [-0.1, -0.05) is 11.6 Å². The number of halogens is 2. The highest BCUT2D eigenvalue weighted by molar-refractivity contribution is 6.30. The molecule has 0 aromatic rings. The zero-order valence-corrected chi connectivity index (χ0v) is 5.82. The SMILES string of the molecule is F.OCC1=C(Cl)CCC1. The van der Waals surface area contributed by atoms with Gasteiger partial charge in [0.1, 0.15) is 0 Å². The summed E-state index contributed by atoms with van der Waals surface area (Å²) in [6, 6.07) is 0. The third-order valence-corrected chi connectivity index (χ3v) is 1.91. The molecule has 0 saturated heterocycles. The van der Waals surface area contributed by atoms with E-state index in [1.165, 1.54) is 0 Å². The summed E-state index contributed by atoms with van der Waals surface area (Å²) in [7, 11) is 0. The second kappa shape index (κ2) is 3.85. The fourth-order valence-electron chi connectivity index (χ4n) is 0.934.